The molecule has 0 radical (unpaired) electrons. The third kappa shape index (κ3) is 4.49. The van der Waals surface area contributed by atoms with Gasteiger partial charge in [0.1, 0.15) is 0 Å². The molecule has 0 N–H and O–H groups in total. The van der Waals surface area contributed by atoms with Crippen molar-refractivity contribution in [3.63, 3.8) is 0 Å². The molecule has 0 spiro atoms. The molecular formula is C27H32O2Si2. The zero-order chi connectivity index (χ0) is 20.9. The van der Waals surface area contributed by atoms with Crippen LogP contribution >= 0.6 is 0 Å². The first-order valence-corrected chi connectivity index (χ1v) is 16.1. The van der Waals surface area contributed by atoms with Crippen LogP contribution in [-0.2, 0) is 14.9 Å². The lowest BCUT2D eigenvalue weighted by Crippen LogP contribution is -2.63. The molecule has 3 aromatic rings. The highest BCUT2D eigenvalue weighted by Gasteiger charge is 2.45. The molecule has 3 atom stereocenters. The molecule has 5 rings (SSSR count). The van der Waals surface area contributed by atoms with E-state index < -0.39 is 17.4 Å². The first-order valence-electron chi connectivity index (χ1n) is 11.8. The summed E-state index contributed by atoms with van der Waals surface area (Å²) in [5.41, 5.74) is 2.81. The van der Waals surface area contributed by atoms with Crippen LogP contribution in [0.1, 0.15) is 42.9 Å². The quantitative estimate of drug-likeness (QED) is 0.520. The normalized spacial score (nSPS) is 26.5. The predicted molar refractivity (Wildman–Crippen MR) is 133 cm³/mol. The Labute approximate surface area is 189 Å². The van der Waals surface area contributed by atoms with Crippen LogP contribution in [0.3, 0.4) is 0 Å². The SMILES string of the molecule is c1ccc(C2CCC[Si](c3ccccc3)(c3ccccc3C[SiH]3CCCCO3)O2)cc1. The van der Waals surface area contributed by atoms with E-state index in [4.69, 9.17) is 8.85 Å². The molecule has 0 aliphatic carbocycles. The van der Waals surface area contributed by atoms with Crippen LogP contribution in [0.5, 0.6) is 0 Å². The van der Waals surface area contributed by atoms with Gasteiger partial charge in [0.25, 0.3) is 8.32 Å². The van der Waals surface area contributed by atoms with Crippen LogP contribution in [0.15, 0.2) is 84.9 Å². The van der Waals surface area contributed by atoms with Crippen molar-refractivity contribution in [1.82, 2.24) is 0 Å². The maximum Gasteiger partial charge on any atom is 0.256 e. The fourth-order valence-electron chi connectivity index (χ4n) is 5.38. The van der Waals surface area contributed by atoms with Crippen LogP contribution in [0.4, 0.5) is 0 Å². The maximum atomic E-state index is 7.28. The molecule has 3 unspecified atom stereocenters. The maximum absolute atomic E-state index is 7.28. The summed E-state index contributed by atoms with van der Waals surface area (Å²) in [5.74, 6) is 0. The van der Waals surface area contributed by atoms with E-state index in [1.807, 2.05) is 0 Å². The second-order valence-corrected chi connectivity index (χ2v) is 15.0. The van der Waals surface area contributed by atoms with E-state index in [-0.39, 0.29) is 6.10 Å². The number of benzene rings is 3. The monoisotopic (exact) mass is 444 g/mol. The molecule has 2 saturated heterocycles. The van der Waals surface area contributed by atoms with Gasteiger partial charge in [-0.15, -0.1) is 0 Å². The Morgan fingerprint density at radius 3 is 2.32 bits per heavy atom. The highest BCUT2D eigenvalue weighted by atomic mass is 28.4. The van der Waals surface area contributed by atoms with Gasteiger partial charge in [0.05, 0.1) is 6.10 Å². The van der Waals surface area contributed by atoms with Gasteiger partial charge in [0.15, 0.2) is 9.04 Å². The Bertz CT molecular complexity index is 973. The Kier molecular flexibility index (Phi) is 6.51. The lowest BCUT2D eigenvalue weighted by molar-refractivity contribution is 0.170. The van der Waals surface area contributed by atoms with E-state index in [0.29, 0.717) is 0 Å². The summed E-state index contributed by atoms with van der Waals surface area (Å²) in [5, 5.41) is 2.90. The van der Waals surface area contributed by atoms with Crippen LogP contribution in [0.2, 0.25) is 12.1 Å². The number of hydrogen-bond donors (Lipinski definition) is 0. The van der Waals surface area contributed by atoms with Gasteiger partial charge in [0.2, 0.25) is 0 Å². The van der Waals surface area contributed by atoms with E-state index in [0.717, 1.165) is 25.1 Å². The molecule has 31 heavy (non-hydrogen) atoms. The number of hydrogen-bond acceptors (Lipinski definition) is 2. The van der Waals surface area contributed by atoms with E-state index in [2.05, 4.69) is 84.9 Å². The van der Waals surface area contributed by atoms with Crippen LogP contribution < -0.4 is 10.4 Å². The minimum Gasteiger partial charge on any atom is -0.420 e. The van der Waals surface area contributed by atoms with E-state index in [1.54, 1.807) is 0 Å². The summed E-state index contributed by atoms with van der Waals surface area (Å²) in [6, 6.07) is 34.7. The lowest BCUT2D eigenvalue weighted by atomic mass is 10.1. The fraction of sp³-hybridized carbons (Fsp3) is 0.333. The van der Waals surface area contributed by atoms with Crippen molar-refractivity contribution in [2.75, 3.05) is 6.61 Å². The van der Waals surface area contributed by atoms with Crippen molar-refractivity contribution in [3.8, 4) is 0 Å². The fourth-order valence-corrected chi connectivity index (χ4v) is 12.7. The molecular weight excluding hydrogens is 412 g/mol. The molecule has 2 aliphatic rings. The highest BCUT2D eigenvalue weighted by Crippen LogP contribution is 2.36. The summed E-state index contributed by atoms with van der Waals surface area (Å²) in [4.78, 5) is 0. The molecule has 3 aromatic carbocycles. The summed E-state index contributed by atoms with van der Waals surface area (Å²) < 4.78 is 13.5. The second kappa shape index (κ2) is 9.66. The van der Waals surface area contributed by atoms with Crippen molar-refractivity contribution in [1.29, 1.82) is 0 Å². The standard InChI is InChI=1S/C27H32O2Si2/c1-3-12-23(13-4-1)26-17-11-21-31(29-26,25-15-5-2-6-16-25)27-18-8-7-14-24(27)22-30-20-10-9-19-28-30/h1-8,12-16,18,26,30H,9-11,17,19-22H2. The van der Waals surface area contributed by atoms with Gasteiger partial charge in [-0.1, -0.05) is 97.8 Å². The Balaban J connectivity index is 1.56. The summed E-state index contributed by atoms with van der Waals surface area (Å²) >= 11 is 0. The summed E-state index contributed by atoms with van der Waals surface area (Å²) in [6.45, 7) is 0.965. The van der Waals surface area contributed by atoms with Gasteiger partial charge < -0.3 is 8.85 Å². The average molecular weight is 445 g/mol. The number of rotatable bonds is 5. The Hall–Kier alpha value is -1.99. The van der Waals surface area contributed by atoms with Gasteiger partial charge in [-0.25, -0.2) is 0 Å². The minimum absolute atomic E-state index is 0.179. The van der Waals surface area contributed by atoms with Gasteiger partial charge >= 0.3 is 0 Å². The molecule has 0 bridgehead atoms. The van der Waals surface area contributed by atoms with Crippen LogP contribution in [0.25, 0.3) is 0 Å². The van der Waals surface area contributed by atoms with Gasteiger partial charge in [-0.2, -0.15) is 0 Å². The van der Waals surface area contributed by atoms with Gasteiger partial charge in [-0.3, -0.25) is 0 Å². The zero-order valence-corrected chi connectivity index (χ0v) is 20.4. The molecule has 2 heterocycles. The smallest absolute Gasteiger partial charge is 0.256 e. The molecule has 0 saturated carbocycles. The van der Waals surface area contributed by atoms with Crippen molar-refractivity contribution in [2.24, 2.45) is 0 Å². The van der Waals surface area contributed by atoms with Crippen molar-refractivity contribution in [3.05, 3.63) is 96.1 Å². The van der Waals surface area contributed by atoms with E-state index >= 15 is 0 Å². The van der Waals surface area contributed by atoms with Gasteiger partial charge in [-0.05, 0) is 52.5 Å². The molecule has 2 nitrogen and oxygen atoms in total. The zero-order valence-electron chi connectivity index (χ0n) is 18.2. The average Bonchev–Trinajstić information content (AvgIpc) is 2.86. The molecule has 160 valence electrons. The van der Waals surface area contributed by atoms with E-state index in [1.165, 1.54) is 46.8 Å². The topological polar surface area (TPSA) is 18.5 Å². The molecule has 4 heteroatoms. The predicted octanol–water partition coefficient (Wildman–Crippen LogP) is 4.91. The second-order valence-electron chi connectivity index (χ2n) is 8.95. The Morgan fingerprint density at radius 2 is 1.55 bits per heavy atom. The largest absolute Gasteiger partial charge is 0.420 e. The van der Waals surface area contributed by atoms with Crippen molar-refractivity contribution < 1.29 is 8.85 Å². The summed E-state index contributed by atoms with van der Waals surface area (Å²) in [6.07, 6.45) is 5.07. The summed E-state index contributed by atoms with van der Waals surface area (Å²) in [7, 11) is -3.51. The van der Waals surface area contributed by atoms with Crippen molar-refractivity contribution >= 4 is 27.7 Å². The van der Waals surface area contributed by atoms with E-state index in [9.17, 15) is 0 Å². The highest BCUT2D eigenvalue weighted by molar-refractivity contribution is 6.98. The molecule has 0 aromatic heterocycles. The third-order valence-electron chi connectivity index (χ3n) is 6.92. The van der Waals surface area contributed by atoms with Crippen LogP contribution in [-0.4, -0.2) is 24.0 Å². The third-order valence-corrected chi connectivity index (χ3v) is 13.9. The minimum atomic E-state index is -2.34. The first-order chi connectivity index (χ1) is 15.4. The van der Waals surface area contributed by atoms with Gasteiger partial charge in [0, 0.05) is 6.61 Å². The molecule has 2 aliphatic heterocycles. The first kappa shape index (κ1) is 20.9. The molecule has 2 fully saturated rings. The Morgan fingerprint density at radius 1 is 0.806 bits per heavy atom. The lowest BCUT2D eigenvalue weighted by Gasteiger charge is -2.41. The van der Waals surface area contributed by atoms with Crippen LogP contribution in [0, 0.1) is 0 Å². The van der Waals surface area contributed by atoms with Crippen molar-refractivity contribution in [2.45, 2.75) is 49.9 Å². The molecule has 0 amide bonds.